The molecule has 6 heteroatoms. The van der Waals surface area contributed by atoms with Gasteiger partial charge in [0.2, 0.25) is 5.91 Å². The lowest BCUT2D eigenvalue weighted by Crippen LogP contribution is -2.35. The normalized spacial score (nSPS) is 11.7. The minimum Gasteiger partial charge on any atom is -0.354 e. The molecule has 0 bridgehead atoms. The fourth-order valence-corrected chi connectivity index (χ4v) is 1.46. The Labute approximate surface area is 117 Å². The summed E-state index contributed by atoms with van der Waals surface area (Å²) in [4.78, 5) is 27.0. The summed E-state index contributed by atoms with van der Waals surface area (Å²) in [6.07, 6.45) is 2.54. The van der Waals surface area contributed by atoms with Crippen LogP contribution in [-0.2, 0) is 4.79 Å². The van der Waals surface area contributed by atoms with Crippen molar-refractivity contribution in [1.82, 2.24) is 15.6 Å². The molecule has 0 aromatic carbocycles. The molecule has 0 saturated carbocycles. The summed E-state index contributed by atoms with van der Waals surface area (Å²) in [6.45, 7) is 4.24. The van der Waals surface area contributed by atoms with Gasteiger partial charge in [-0.05, 0) is 25.5 Å². The number of amides is 2. The largest absolute Gasteiger partial charge is 0.354 e. The van der Waals surface area contributed by atoms with Crippen molar-refractivity contribution in [2.75, 3.05) is 6.54 Å². The van der Waals surface area contributed by atoms with Crippen molar-refractivity contribution in [3.63, 3.8) is 0 Å². The average molecular weight is 284 g/mol. The Morgan fingerprint density at radius 1 is 1.42 bits per heavy atom. The van der Waals surface area contributed by atoms with Crippen LogP contribution in [0.25, 0.3) is 0 Å². The summed E-state index contributed by atoms with van der Waals surface area (Å²) in [5.41, 5.74) is 0.423. The SMILES string of the molecule is CCC(C)NC(=O)CCNC(=O)c1ccc(Cl)nc1. The van der Waals surface area contributed by atoms with Crippen molar-refractivity contribution >= 4 is 23.4 Å². The molecular weight excluding hydrogens is 266 g/mol. The molecule has 0 aliphatic rings. The van der Waals surface area contributed by atoms with Gasteiger partial charge in [-0.1, -0.05) is 18.5 Å². The van der Waals surface area contributed by atoms with E-state index in [0.717, 1.165) is 6.42 Å². The lowest BCUT2D eigenvalue weighted by Gasteiger charge is -2.11. The fraction of sp³-hybridized carbons (Fsp3) is 0.462. The van der Waals surface area contributed by atoms with Crippen LogP contribution < -0.4 is 10.6 Å². The molecule has 1 atom stereocenters. The van der Waals surface area contributed by atoms with Gasteiger partial charge in [-0.2, -0.15) is 0 Å². The molecule has 1 unspecified atom stereocenters. The molecule has 2 amide bonds. The first kappa shape index (κ1) is 15.4. The number of hydrogen-bond donors (Lipinski definition) is 2. The van der Waals surface area contributed by atoms with Crippen molar-refractivity contribution in [3.05, 3.63) is 29.0 Å². The Kier molecular flexibility index (Phi) is 6.29. The predicted octanol–water partition coefficient (Wildman–Crippen LogP) is 1.77. The Morgan fingerprint density at radius 2 is 2.16 bits per heavy atom. The fourth-order valence-electron chi connectivity index (χ4n) is 1.35. The molecule has 104 valence electrons. The molecule has 0 saturated heterocycles. The highest BCUT2D eigenvalue weighted by Crippen LogP contribution is 2.04. The lowest BCUT2D eigenvalue weighted by atomic mass is 10.2. The molecule has 1 aromatic heterocycles. The maximum atomic E-state index is 11.7. The zero-order chi connectivity index (χ0) is 14.3. The smallest absolute Gasteiger partial charge is 0.252 e. The summed E-state index contributed by atoms with van der Waals surface area (Å²) in [5, 5.41) is 5.83. The zero-order valence-electron chi connectivity index (χ0n) is 11.1. The number of aromatic nitrogens is 1. The van der Waals surface area contributed by atoms with Gasteiger partial charge in [0.05, 0.1) is 5.56 Å². The summed E-state index contributed by atoms with van der Waals surface area (Å²) >= 11 is 5.63. The van der Waals surface area contributed by atoms with Gasteiger partial charge in [0.1, 0.15) is 5.15 Å². The highest BCUT2D eigenvalue weighted by Gasteiger charge is 2.08. The Morgan fingerprint density at radius 3 is 2.74 bits per heavy atom. The third kappa shape index (κ3) is 5.70. The van der Waals surface area contributed by atoms with Gasteiger partial charge in [0, 0.05) is 25.2 Å². The minimum atomic E-state index is -0.263. The van der Waals surface area contributed by atoms with E-state index in [9.17, 15) is 9.59 Å². The van der Waals surface area contributed by atoms with E-state index in [0.29, 0.717) is 17.3 Å². The summed E-state index contributed by atoms with van der Waals surface area (Å²) in [7, 11) is 0. The van der Waals surface area contributed by atoms with Crippen LogP contribution in [0.4, 0.5) is 0 Å². The standard InChI is InChI=1S/C13H18ClN3O2/c1-3-9(2)17-12(18)6-7-15-13(19)10-4-5-11(14)16-8-10/h4-5,8-9H,3,6-7H2,1-2H3,(H,15,19)(H,17,18). The monoisotopic (exact) mass is 283 g/mol. The molecule has 0 aliphatic heterocycles. The second kappa shape index (κ2) is 7.74. The van der Waals surface area contributed by atoms with E-state index in [2.05, 4.69) is 15.6 Å². The van der Waals surface area contributed by atoms with Gasteiger partial charge in [-0.15, -0.1) is 0 Å². The number of carbonyl (C=O) groups is 2. The highest BCUT2D eigenvalue weighted by molar-refractivity contribution is 6.29. The maximum absolute atomic E-state index is 11.7. The van der Waals surface area contributed by atoms with Crippen LogP contribution >= 0.6 is 11.6 Å². The third-order valence-corrected chi connectivity index (χ3v) is 2.87. The first-order valence-corrected chi connectivity index (χ1v) is 6.59. The number of rotatable bonds is 6. The molecule has 0 aliphatic carbocycles. The molecule has 0 radical (unpaired) electrons. The van der Waals surface area contributed by atoms with Crippen LogP contribution in [0.3, 0.4) is 0 Å². The van der Waals surface area contributed by atoms with Crippen LogP contribution in [0.15, 0.2) is 18.3 Å². The molecule has 19 heavy (non-hydrogen) atoms. The highest BCUT2D eigenvalue weighted by atomic mass is 35.5. The summed E-state index contributed by atoms with van der Waals surface area (Å²) < 4.78 is 0. The molecule has 0 fully saturated rings. The second-order valence-electron chi connectivity index (χ2n) is 4.25. The van der Waals surface area contributed by atoms with Crippen molar-refractivity contribution < 1.29 is 9.59 Å². The van der Waals surface area contributed by atoms with Crippen LogP contribution in [0, 0.1) is 0 Å². The van der Waals surface area contributed by atoms with Crippen molar-refractivity contribution in [1.29, 1.82) is 0 Å². The van der Waals surface area contributed by atoms with Gasteiger partial charge in [-0.25, -0.2) is 4.98 Å². The minimum absolute atomic E-state index is 0.0659. The molecule has 5 nitrogen and oxygen atoms in total. The van der Waals surface area contributed by atoms with E-state index in [1.54, 1.807) is 12.1 Å². The number of carbonyl (C=O) groups excluding carboxylic acids is 2. The van der Waals surface area contributed by atoms with E-state index in [1.165, 1.54) is 6.20 Å². The number of halogens is 1. The molecule has 2 N–H and O–H groups in total. The van der Waals surface area contributed by atoms with E-state index in [-0.39, 0.29) is 24.3 Å². The first-order valence-electron chi connectivity index (χ1n) is 6.22. The van der Waals surface area contributed by atoms with Gasteiger partial charge in [-0.3, -0.25) is 9.59 Å². The van der Waals surface area contributed by atoms with Gasteiger partial charge >= 0.3 is 0 Å². The quantitative estimate of drug-likeness (QED) is 0.782. The second-order valence-corrected chi connectivity index (χ2v) is 4.64. The predicted molar refractivity (Wildman–Crippen MR) is 74.1 cm³/mol. The number of pyridine rings is 1. The van der Waals surface area contributed by atoms with Gasteiger partial charge < -0.3 is 10.6 Å². The van der Waals surface area contributed by atoms with Gasteiger partial charge in [0.25, 0.3) is 5.91 Å². The molecule has 1 aromatic rings. The summed E-state index contributed by atoms with van der Waals surface area (Å²) in [5.74, 6) is -0.329. The van der Waals surface area contributed by atoms with Crippen molar-refractivity contribution in [2.24, 2.45) is 0 Å². The zero-order valence-corrected chi connectivity index (χ0v) is 11.8. The van der Waals surface area contributed by atoms with Crippen molar-refractivity contribution in [2.45, 2.75) is 32.7 Å². The van der Waals surface area contributed by atoms with Crippen LogP contribution in [0.5, 0.6) is 0 Å². The van der Waals surface area contributed by atoms with Crippen LogP contribution in [0.2, 0.25) is 5.15 Å². The number of nitrogens with one attached hydrogen (secondary N) is 2. The lowest BCUT2D eigenvalue weighted by molar-refractivity contribution is -0.121. The van der Waals surface area contributed by atoms with Crippen LogP contribution in [0.1, 0.15) is 37.0 Å². The van der Waals surface area contributed by atoms with Gasteiger partial charge in [0.15, 0.2) is 0 Å². The molecule has 1 heterocycles. The first-order chi connectivity index (χ1) is 9.02. The molecule has 1 rings (SSSR count). The average Bonchev–Trinajstić information content (AvgIpc) is 2.39. The molecular formula is C13H18ClN3O2. The summed E-state index contributed by atoms with van der Waals surface area (Å²) in [6, 6.07) is 3.29. The number of hydrogen-bond acceptors (Lipinski definition) is 3. The Bertz CT molecular complexity index is 434. The maximum Gasteiger partial charge on any atom is 0.252 e. The molecule has 0 spiro atoms. The van der Waals surface area contributed by atoms with E-state index >= 15 is 0 Å². The topological polar surface area (TPSA) is 71.1 Å². The van der Waals surface area contributed by atoms with E-state index < -0.39 is 0 Å². The Balaban J connectivity index is 2.31. The van der Waals surface area contributed by atoms with Crippen molar-refractivity contribution in [3.8, 4) is 0 Å². The van der Waals surface area contributed by atoms with E-state index in [4.69, 9.17) is 11.6 Å². The third-order valence-electron chi connectivity index (χ3n) is 2.65. The van der Waals surface area contributed by atoms with E-state index in [1.807, 2.05) is 13.8 Å². The van der Waals surface area contributed by atoms with Crippen LogP contribution in [-0.4, -0.2) is 29.4 Å². The number of nitrogens with zero attached hydrogens (tertiary/aromatic N) is 1. The Hall–Kier alpha value is -1.62.